The van der Waals surface area contributed by atoms with E-state index in [2.05, 4.69) is 162 Å². The lowest BCUT2D eigenvalue weighted by molar-refractivity contribution is -0.148. The van der Waals surface area contributed by atoms with Gasteiger partial charge in [0, 0.05) is 79.3 Å². The lowest BCUT2D eigenvalue weighted by Gasteiger charge is -2.29. The number of hydrogen-bond donors (Lipinski definition) is 6. The third-order valence-corrected chi connectivity index (χ3v) is 32.3. The second-order valence-electron chi connectivity index (χ2n) is 43.1. The number of aromatic nitrogens is 12. The average molecular weight is 1990 g/mol. The molecule has 0 radical (unpaired) electrons. The van der Waals surface area contributed by atoms with Gasteiger partial charge in [0.2, 0.25) is 29.5 Å². The fraction of sp³-hybridized carbons (Fsp3) is 0.475. The van der Waals surface area contributed by atoms with E-state index in [0.29, 0.717) is 32.1 Å². The van der Waals surface area contributed by atoms with Gasteiger partial charge < -0.3 is 73.5 Å². The first-order chi connectivity index (χ1) is 71.2. The van der Waals surface area contributed by atoms with Crippen LogP contribution in [0, 0.1) is 35.5 Å². The zero-order valence-electron chi connectivity index (χ0n) is 87.3. The molecule has 11 heterocycles. The highest BCUT2D eigenvalue weighted by Gasteiger charge is 2.44. The number of carbonyl (C=O) groups excluding carboxylic acids is 8. The van der Waals surface area contributed by atoms with E-state index >= 15 is 0 Å². The van der Waals surface area contributed by atoms with E-state index in [1.165, 1.54) is 80.4 Å². The molecule has 12 aromatic rings. The molecule has 6 fully saturated rings. The summed E-state index contributed by atoms with van der Waals surface area (Å²) in [6.07, 6.45) is 28.9. The number of H-pyrrole nitrogens is 6. The highest BCUT2D eigenvalue weighted by Crippen LogP contribution is 2.47. The monoisotopic (exact) mass is 1990 g/mol. The molecule has 6 aromatic heterocycles. The lowest BCUT2D eigenvalue weighted by Crippen LogP contribution is -2.39. The number of nitrogens with zero attached hydrogens (tertiary/aromatic N) is 12. The Morgan fingerprint density at radius 2 is 0.619 bits per heavy atom. The summed E-state index contributed by atoms with van der Waals surface area (Å²) in [7, 11) is 7.96. The molecule has 0 bridgehead atoms. The predicted molar refractivity (Wildman–Crippen MR) is 566 cm³/mol. The summed E-state index contributed by atoms with van der Waals surface area (Å²) >= 11 is 0. The molecular weight excluding hydrogens is 1850 g/mol. The smallest absolute Gasteiger partial charge is 0.306 e. The number of hydrogen-bond acceptors (Lipinski definition) is 18. The van der Waals surface area contributed by atoms with Crippen molar-refractivity contribution < 1.29 is 52.6 Å². The summed E-state index contributed by atoms with van der Waals surface area (Å²) in [4.78, 5) is 165. The molecule has 29 nitrogen and oxygen atoms in total. The number of esters is 3. The molecule has 1 saturated carbocycles. The topological polar surface area (TPSA) is 356 Å². The lowest BCUT2D eigenvalue weighted by atomic mass is 9.90. The number of amides is 5. The predicted octanol–water partition coefficient (Wildman–Crippen LogP) is 20.9. The van der Waals surface area contributed by atoms with Gasteiger partial charge in [-0.1, -0.05) is 182 Å². The largest absolute Gasteiger partial charge is 0.469 e. The highest BCUT2D eigenvalue weighted by molar-refractivity contribution is 5.88. The number of carbonyl (C=O) groups is 8. The number of nitrogens with one attached hydrogen (secondary N) is 6. The van der Waals surface area contributed by atoms with Gasteiger partial charge in [-0.25, -0.2) is 29.9 Å². The number of likely N-dealkylation sites (N-methyl/N-ethyl adjacent to an activating group) is 1. The minimum absolute atomic E-state index is 0.00563. The summed E-state index contributed by atoms with van der Waals surface area (Å²) in [5.74, 6) is 4.02. The Balaban J connectivity index is 0.000000139. The van der Waals surface area contributed by atoms with Crippen molar-refractivity contribution in [2.45, 2.75) is 252 Å². The molecule has 5 aliphatic heterocycles. The number of fused-ring (bicyclic) bond motifs is 9. The number of ether oxygens (including phenoxy) is 3. The quantitative estimate of drug-likeness (QED) is 0.0217. The van der Waals surface area contributed by atoms with Gasteiger partial charge in [0.05, 0.1) is 148 Å². The van der Waals surface area contributed by atoms with E-state index in [9.17, 15) is 38.4 Å². The first-order valence-corrected chi connectivity index (χ1v) is 53.7. The minimum atomic E-state index is -0.418. The van der Waals surface area contributed by atoms with Crippen LogP contribution in [0.1, 0.15) is 282 Å². The number of methoxy groups -OCH3 is 3. The summed E-state index contributed by atoms with van der Waals surface area (Å²) in [6, 6.07) is 45.6. The van der Waals surface area contributed by atoms with Crippen LogP contribution in [0.15, 0.2) is 146 Å². The number of imidazole rings is 6. The molecule has 21 rings (SSSR count). The maximum Gasteiger partial charge on any atom is 0.306 e. The van der Waals surface area contributed by atoms with E-state index in [-0.39, 0.29) is 115 Å². The van der Waals surface area contributed by atoms with Gasteiger partial charge in [-0.3, -0.25) is 38.4 Å². The number of likely N-dealkylation sites (tertiary alicyclic amines) is 5. The standard InChI is InChI=1S/C41H51N7O4.C39H46N6O4.C38H45N5O3/c1-25(2)31(22-37(50)52-5)41(51)48-20-8-12-35(48)40-43-32-10-6-9-29-21-28(17-18-30(29)38(32)45-40)26-13-15-27(16-14-26)33-23-42-39(44-33)34-11-7-19-47(34)36(49)24-46(3)4;1-23(2)30(21-35(47)49-4)39(48)45-19-7-11-34(45)38-41-31-9-5-8-28-20-27(16-17-29(28)36(31)43-38)25-12-14-26(15-13-25)32-22-40-37(42-32)33-10-6-18-44(33)24(3)46;1-23(2)30(21-34(44)46-3)38(45)43-19-7-12-33(43)37-40-31-11-6-10-28-20-27(17-18-29(28)35(31)42-37)24-13-15-25(16-14-24)32-22-39-36(41-32)26-8-4-5-9-26/h13-18,21,23,25,31,34-35H,6-12,19-20,22,24H2,1-5H3,(H,42,44)(H,43,45);12-17,20,22-23,30,33-34H,5-11,18-19,21H2,1-4H3,(H,40,42)(H,41,43);13-18,20,22-23,26,30,33H,4-12,19,21H2,1-3H3,(H,39,41)(H,40,42)/t31-,34-,35-;30-,33-,34-;30-,33-/m000/s1. The summed E-state index contributed by atoms with van der Waals surface area (Å²) in [5, 5.41) is 0. The van der Waals surface area contributed by atoms with Crippen molar-refractivity contribution in [3.05, 3.63) is 215 Å². The molecule has 0 unspecified atom stereocenters. The number of rotatable bonds is 26. The maximum absolute atomic E-state index is 13.8. The van der Waals surface area contributed by atoms with Crippen LogP contribution in [0.2, 0.25) is 0 Å². The van der Waals surface area contributed by atoms with Gasteiger partial charge in [0.15, 0.2) is 0 Å². The molecule has 6 aromatic carbocycles. The van der Waals surface area contributed by atoms with Gasteiger partial charge in [0.1, 0.15) is 34.9 Å². The van der Waals surface area contributed by atoms with E-state index in [1.54, 1.807) is 6.92 Å². The van der Waals surface area contributed by atoms with E-state index < -0.39 is 17.8 Å². The van der Waals surface area contributed by atoms with Gasteiger partial charge in [-0.2, -0.15) is 0 Å². The first kappa shape index (κ1) is 102. The van der Waals surface area contributed by atoms with E-state index in [4.69, 9.17) is 39.1 Å². The molecule has 0 spiro atoms. The van der Waals surface area contributed by atoms with Crippen LogP contribution >= 0.6 is 0 Å². The number of aromatic amines is 6. The Morgan fingerprint density at radius 3 is 0.932 bits per heavy atom. The molecule has 770 valence electrons. The molecule has 29 heteroatoms. The molecule has 147 heavy (non-hydrogen) atoms. The Bertz CT molecular complexity index is 6760. The fourth-order valence-corrected chi connectivity index (χ4v) is 24.0. The molecule has 5 saturated heterocycles. The van der Waals surface area contributed by atoms with Crippen molar-refractivity contribution in [1.82, 2.24) is 89.2 Å². The van der Waals surface area contributed by atoms with Crippen molar-refractivity contribution in [2.75, 3.05) is 74.7 Å². The molecule has 5 amide bonds. The van der Waals surface area contributed by atoms with Crippen LogP contribution in [0.25, 0.3) is 101 Å². The Morgan fingerprint density at radius 1 is 0.333 bits per heavy atom. The van der Waals surface area contributed by atoms with Crippen LogP contribution in [0.4, 0.5) is 0 Å². The molecular formula is C118H142N18O11. The van der Waals surface area contributed by atoms with Gasteiger partial charge >= 0.3 is 17.9 Å². The molecule has 8 atom stereocenters. The maximum atomic E-state index is 13.8. The van der Waals surface area contributed by atoms with Gasteiger partial charge in [0.25, 0.3) is 0 Å². The van der Waals surface area contributed by atoms with Crippen LogP contribution in [0.3, 0.4) is 0 Å². The fourth-order valence-electron chi connectivity index (χ4n) is 24.0. The van der Waals surface area contributed by atoms with Crippen molar-refractivity contribution in [3.63, 3.8) is 0 Å². The van der Waals surface area contributed by atoms with Crippen LogP contribution < -0.4 is 0 Å². The van der Waals surface area contributed by atoms with Crippen LogP contribution in [0.5, 0.6) is 0 Å². The third kappa shape index (κ3) is 22.0. The average Bonchev–Trinajstić information content (AvgIpc) is 1.63. The van der Waals surface area contributed by atoms with Crippen molar-refractivity contribution in [1.29, 1.82) is 0 Å². The highest BCUT2D eigenvalue weighted by atomic mass is 16.5. The van der Waals surface area contributed by atoms with E-state index in [0.717, 1.165) is 271 Å². The van der Waals surface area contributed by atoms with Gasteiger partial charge in [-0.15, -0.1) is 0 Å². The number of benzene rings is 6. The number of aryl methyl sites for hydroxylation is 6. The minimum Gasteiger partial charge on any atom is -0.469 e. The first-order valence-electron chi connectivity index (χ1n) is 53.7. The summed E-state index contributed by atoms with van der Waals surface area (Å²) in [6.45, 7) is 17.5. The van der Waals surface area contributed by atoms with E-state index in [1.807, 2.05) is 104 Å². The van der Waals surface area contributed by atoms with Crippen LogP contribution in [-0.2, 0) is 91.1 Å². The van der Waals surface area contributed by atoms with Crippen molar-refractivity contribution >= 4 is 47.4 Å². The van der Waals surface area contributed by atoms with Crippen molar-refractivity contribution in [2.24, 2.45) is 35.5 Å². The Hall–Kier alpha value is -13.7. The Labute approximate surface area is 861 Å². The Kier molecular flexibility index (Phi) is 31.2. The normalized spacial score (nSPS) is 19.1. The van der Waals surface area contributed by atoms with Gasteiger partial charge in [-0.05, 0) is 233 Å². The zero-order chi connectivity index (χ0) is 103. The van der Waals surface area contributed by atoms with Crippen molar-refractivity contribution in [3.8, 4) is 101 Å². The summed E-state index contributed by atoms with van der Waals surface area (Å²) < 4.78 is 14.7. The third-order valence-electron chi connectivity index (χ3n) is 32.3. The molecule has 9 aliphatic rings. The second-order valence-corrected chi connectivity index (χ2v) is 43.1. The molecule has 6 N–H and O–H groups in total. The summed E-state index contributed by atoms with van der Waals surface area (Å²) in [5.41, 5.74) is 27.0. The second kappa shape index (κ2) is 44.9. The SMILES string of the molecule is COC(=O)C[C@H](C(=O)N1CCC[C@H]1c1nc2c([nH]1)CCCc1cc(-c3ccc(-c4cnc(C5CCCC5)[nH]4)cc3)ccc1-2)C(C)C.COC(=O)C[C@H](C(=O)N1CCC[C@H]1c1nc2c([nH]1)CCCc1cc(-c3ccc(-c4cnc([C@@H]5CCCN5C(=O)CN(C)C)[nH]4)cc3)ccc1-2)C(C)C.COC(=O)C[C@H](C(=O)N1CCC[C@H]1c1nc2c([nH]1)CCCc1cc(-c3ccc(-c4cnc([C@@H]5CCCN5C(C)=O)[nH]4)cc3)ccc1-2)C(C)C. The molecule has 4 aliphatic carbocycles. The zero-order valence-corrected chi connectivity index (χ0v) is 87.3. The van der Waals surface area contributed by atoms with Crippen LogP contribution in [-0.4, -0.2) is 211 Å².